The Morgan fingerprint density at radius 1 is 1.00 bits per heavy atom. The number of amides is 2. The molecular weight excluding hydrogens is 529 g/mol. The number of aromatic hydroxyl groups is 1. The Labute approximate surface area is 237 Å². The minimum absolute atomic E-state index is 0.0796. The number of para-hydroxylation sites is 1. The molecule has 3 aromatic rings. The van der Waals surface area contributed by atoms with Gasteiger partial charge in [-0.05, 0) is 36.2 Å². The SMILES string of the molecule is C=C.CN(C)C(=O)C(=O)N(C)C1CN(c2ccccc2)CCn2c1nc(C(=O)CCc1ccc(F)cc1)c(O)c2=O. The van der Waals surface area contributed by atoms with E-state index in [-0.39, 0.29) is 31.8 Å². The van der Waals surface area contributed by atoms with Crippen molar-refractivity contribution < 1.29 is 23.9 Å². The highest BCUT2D eigenvalue weighted by Gasteiger charge is 2.36. The van der Waals surface area contributed by atoms with E-state index in [1.807, 2.05) is 35.2 Å². The van der Waals surface area contributed by atoms with Gasteiger partial charge in [-0.25, -0.2) is 9.37 Å². The molecule has 0 bridgehead atoms. The lowest BCUT2D eigenvalue weighted by atomic mass is 10.1. The van der Waals surface area contributed by atoms with E-state index < -0.39 is 46.5 Å². The average Bonchev–Trinajstić information content (AvgIpc) is 3.18. The van der Waals surface area contributed by atoms with E-state index in [2.05, 4.69) is 18.1 Å². The maximum Gasteiger partial charge on any atom is 0.312 e. The molecule has 0 radical (unpaired) electrons. The third-order valence-corrected chi connectivity index (χ3v) is 6.78. The Morgan fingerprint density at radius 3 is 2.24 bits per heavy atom. The van der Waals surface area contributed by atoms with Crippen molar-refractivity contribution in [2.45, 2.75) is 25.4 Å². The Hall–Kier alpha value is -4.80. The number of rotatable bonds is 6. The first-order chi connectivity index (χ1) is 19.6. The Balaban J connectivity index is 0.00000226. The second-order valence-corrected chi connectivity index (χ2v) is 9.59. The lowest BCUT2D eigenvalue weighted by Gasteiger charge is -2.32. The summed E-state index contributed by atoms with van der Waals surface area (Å²) >= 11 is 0. The number of carbonyl (C=O) groups is 3. The zero-order chi connectivity index (χ0) is 30.3. The number of likely N-dealkylation sites (N-methyl/N-ethyl adjacent to an activating group) is 2. The van der Waals surface area contributed by atoms with Crippen molar-refractivity contribution in [3.05, 3.63) is 101 Å². The molecule has 1 N–H and O–H groups in total. The molecule has 41 heavy (non-hydrogen) atoms. The summed E-state index contributed by atoms with van der Waals surface area (Å²) < 4.78 is 14.5. The van der Waals surface area contributed by atoms with Gasteiger partial charge in [0.25, 0.3) is 5.56 Å². The second-order valence-electron chi connectivity index (χ2n) is 9.59. The summed E-state index contributed by atoms with van der Waals surface area (Å²) in [4.78, 5) is 60.8. The molecule has 1 aliphatic heterocycles. The van der Waals surface area contributed by atoms with Gasteiger partial charge in [-0.3, -0.25) is 23.7 Å². The number of aryl methyl sites for hydroxylation is 1. The van der Waals surface area contributed by atoms with Gasteiger partial charge in [-0.15, -0.1) is 13.2 Å². The molecule has 0 saturated heterocycles. The zero-order valence-electron chi connectivity index (χ0n) is 23.4. The molecular formula is C30H34FN5O5. The molecule has 1 aliphatic rings. The summed E-state index contributed by atoms with van der Waals surface area (Å²) in [6.45, 7) is 6.68. The number of ketones is 1. The molecule has 1 aromatic heterocycles. The maximum absolute atomic E-state index is 13.3. The van der Waals surface area contributed by atoms with E-state index in [1.165, 1.54) is 42.7 Å². The lowest BCUT2D eigenvalue weighted by Crippen LogP contribution is -2.46. The van der Waals surface area contributed by atoms with Crippen LogP contribution in [0.1, 0.15) is 34.3 Å². The van der Waals surface area contributed by atoms with Crippen LogP contribution < -0.4 is 10.5 Å². The molecule has 0 spiro atoms. The number of hydrogen-bond acceptors (Lipinski definition) is 7. The van der Waals surface area contributed by atoms with Crippen LogP contribution in [-0.4, -0.2) is 76.3 Å². The fourth-order valence-electron chi connectivity index (χ4n) is 4.51. The smallest absolute Gasteiger partial charge is 0.312 e. The first-order valence-electron chi connectivity index (χ1n) is 13.0. The average molecular weight is 564 g/mol. The molecule has 0 aliphatic carbocycles. The van der Waals surface area contributed by atoms with Crippen molar-refractivity contribution in [2.75, 3.05) is 39.1 Å². The van der Waals surface area contributed by atoms with Gasteiger partial charge in [0.15, 0.2) is 11.5 Å². The highest BCUT2D eigenvalue weighted by molar-refractivity contribution is 6.34. The molecule has 1 atom stereocenters. The van der Waals surface area contributed by atoms with E-state index in [0.717, 1.165) is 10.6 Å². The highest BCUT2D eigenvalue weighted by atomic mass is 19.1. The van der Waals surface area contributed by atoms with Crippen molar-refractivity contribution in [3.63, 3.8) is 0 Å². The van der Waals surface area contributed by atoms with Gasteiger partial charge in [0.2, 0.25) is 5.75 Å². The summed E-state index contributed by atoms with van der Waals surface area (Å²) in [5.41, 5.74) is 0.346. The van der Waals surface area contributed by atoms with Crippen molar-refractivity contribution >= 4 is 23.3 Å². The summed E-state index contributed by atoms with van der Waals surface area (Å²) in [6.07, 6.45) is 0.170. The van der Waals surface area contributed by atoms with Crippen molar-refractivity contribution in [1.29, 1.82) is 0 Å². The van der Waals surface area contributed by atoms with Crippen LogP contribution in [0.25, 0.3) is 0 Å². The molecule has 0 saturated carbocycles. The van der Waals surface area contributed by atoms with E-state index in [0.29, 0.717) is 12.1 Å². The number of carbonyl (C=O) groups excluding carboxylic acids is 3. The van der Waals surface area contributed by atoms with Crippen LogP contribution in [0.4, 0.5) is 10.1 Å². The van der Waals surface area contributed by atoms with Gasteiger partial charge in [-0.1, -0.05) is 30.3 Å². The molecule has 1 unspecified atom stereocenters. The van der Waals surface area contributed by atoms with Gasteiger partial charge >= 0.3 is 11.8 Å². The molecule has 10 nitrogen and oxygen atoms in total. The summed E-state index contributed by atoms with van der Waals surface area (Å²) in [5.74, 6) is -3.20. The number of aromatic nitrogens is 2. The fourth-order valence-corrected chi connectivity index (χ4v) is 4.51. The van der Waals surface area contributed by atoms with E-state index in [4.69, 9.17) is 0 Å². The van der Waals surface area contributed by atoms with Crippen molar-refractivity contribution in [2.24, 2.45) is 0 Å². The minimum Gasteiger partial charge on any atom is -0.501 e. The number of halogens is 1. The molecule has 216 valence electrons. The molecule has 2 amide bonds. The lowest BCUT2D eigenvalue weighted by molar-refractivity contribution is -0.150. The Kier molecular flexibility index (Phi) is 10.1. The first-order valence-corrected chi connectivity index (χ1v) is 13.0. The normalized spacial score (nSPS) is 14.1. The van der Waals surface area contributed by atoms with Crippen LogP contribution in [-0.2, 0) is 22.6 Å². The van der Waals surface area contributed by atoms with Crippen LogP contribution >= 0.6 is 0 Å². The predicted octanol–water partition coefficient (Wildman–Crippen LogP) is 2.81. The second kappa shape index (κ2) is 13.5. The summed E-state index contributed by atoms with van der Waals surface area (Å²) in [5, 5.41) is 10.7. The van der Waals surface area contributed by atoms with Gasteiger partial charge in [0, 0.05) is 52.9 Å². The predicted molar refractivity (Wildman–Crippen MR) is 153 cm³/mol. The maximum atomic E-state index is 13.3. The molecule has 2 aromatic carbocycles. The van der Waals surface area contributed by atoms with E-state index in [9.17, 15) is 28.7 Å². The van der Waals surface area contributed by atoms with Gasteiger partial charge < -0.3 is 19.8 Å². The van der Waals surface area contributed by atoms with Gasteiger partial charge in [0.05, 0.1) is 0 Å². The number of Topliss-reactive ketones (excluding diaryl/α,β-unsaturated/α-hetero) is 1. The minimum atomic E-state index is -0.888. The third kappa shape index (κ3) is 6.86. The fraction of sp³-hybridized carbons (Fsp3) is 0.300. The van der Waals surface area contributed by atoms with Crippen LogP contribution in [0, 0.1) is 5.82 Å². The molecule has 11 heteroatoms. The standard InChI is InChI=1S/C28H30FN5O5.C2H4/c1-31(2)27(38)28(39)32(3)21-17-33(20-7-5-4-6-8-20)15-16-34-25(21)30-23(24(36)26(34)37)22(35)14-11-18-9-12-19(29)13-10-18;1-2/h4-10,12-13,21,36H,11,14-17H2,1-3H3;1-2H2. The number of anilines is 1. The Morgan fingerprint density at radius 2 is 1.63 bits per heavy atom. The van der Waals surface area contributed by atoms with Crippen LogP contribution in [0.3, 0.4) is 0 Å². The van der Waals surface area contributed by atoms with Crippen LogP contribution in [0.15, 0.2) is 72.5 Å². The van der Waals surface area contributed by atoms with E-state index in [1.54, 1.807) is 12.1 Å². The monoisotopic (exact) mass is 563 g/mol. The Bertz CT molecular complexity index is 1460. The molecule has 2 heterocycles. The van der Waals surface area contributed by atoms with Crippen molar-refractivity contribution in [3.8, 4) is 5.75 Å². The molecule has 0 fully saturated rings. The van der Waals surface area contributed by atoms with Crippen molar-refractivity contribution in [1.82, 2.24) is 19.4 Å². The van der Waals surface area contributed by atoms with Gasteiger partial charge in [0.1, 0.15) is 17.7 Å². The number of hydrogen-bond donors (Lipinski definition) is 1. The van der Waals surface area contributed by atoms with Gasteiger partial charge in [-0.2, -0.15) is 0 Å². The first kappa shape index (κ1) is 30.7. The summed E-state index contributed by atoms with van der Waals surface area (Å²) in [6, 6.07) is 14.2. The van der Waals surface area contributed by atoms with Crippen LogP contribution in [0.2, 0.25) is 0 Å². The van der Waals surface area contributed by atoms with Crippen LogP contribution in [0.5, 0.6) is 5.75 Å². The molecule has 4 rings (SSSR count). The zero-order valence-corrected chi connectivity index (χ0v) is 23.4. The quantitative estimate of drug-likeness (QED) is 0.279. The topological polar surface area (TPSA) is 116 Å². The highest BCUT2D eigenvalue weighted by Crippen LogP contribution is 2.27. The number of benzene rings is 2. The number of nitrogens with zero attached hydrogens (tertiary/aromatic N) is 5. The summed E-state index contributed by atoms with van der Waals surface area (Å²) in [7, 11) is 4.37. The number of fused-ring (bicyclic) bond motifs is 1. The van der Waals surface area contributed by atoms with E-state index >= 15 is 0 Å². The third-order valence-electron chi connectivity index (χ3n) is 6.78. The largest absolute Gasteiger partial charge is 0.501 e.